The first-order valence-corrected chi connectivity index (χ1v) is 9.83. The fraction of sp³-hybridized carbons (Fsp3) is 0.364. The van der Waals surface area contributed by atoms with Crippen LogP contribution < -0.4 is 11.0 Å². The van der Waals surface area contributed by atoms with Gasteiger partial charge in [0.25, 0.3) is 5.56 Å². The molecule has 1 aliphatic carbocycles. The molecule has 1 saturated carbocycles. The number of hydrogen-bond donors (Lipinski definition) is 0. The fourth-order valence-electron chi connectivity index (χ4n) is 3.88. The molecule has 1 fully saturated rings. The lowest BCUT2D eigenvalue weighted by Crippen LogP contribution is -2.31. The van der Waals surface area contributed by atoms with Gasteiger partial charge in [0.05, 0.1) is 23.5 Å². The smallest absolute Gasteiger partial charge is 0.274 e. The molecule has 0 aliphatic heterocycles. The van der Waals surface area contributed by atoms with Crippen molar-refractivity contribution in [2.45, 2.75) is 44.6 Å². The summed E-state index contributed by atoms with van der Waals surface area (Å²) < 4.78 is 2.91. The first-order chi connectivity index (χ1) is 13.6. The third-order valence-corrected chi connectivity index (χ3v) is 5.35. The Morgan fingerprint density at radius 3 is 2.57 bits per heavy atom. The topological polar surface area (TPSA) is 69.2 Å². The van der Waals surface area contributed by atoms with E-state index in [-0.39, 0.29) is 23.9 Å². The molecule has 0 amide bonds. The standard InChI is InChI=1S/C22H24N4O2/c1-25-22(28)18-12-6-5-11-17(18)19(24-25)15-21(27)26-14-8-7-13-20(26)23-16-9-3-2-4-10-16/h5-8,11-14,16H,2-4,9-10,15H2,1H3. The maximum atomic E-state index is 13.1. The lowest BCUT2D eigenvalue weighted by Gasteiger charge is -2.17. The van der Waals surface area contributed by atoms with Gasteiger partial charge in [0.15, 0.2) is 0 Å². The van der Waals surface area contributed by atoms with Crippen molar-refractivity contribution in [3.05, 3.63) is 70.2 Å². The monoisotopic (exact) mass is 376 g/mol. The SMILES string of the molecule is Cn1nc(CC(=O)n2ccccc2=NC2CCCCC2)c2ccccc2c1=O. The molecule has 28 heavy (non-hydrogen) atoms. The summed E-state index contributed by atoms with van der Waals surface area (Å²) in [5.74, 6) is -0.105. The Hall–Kier alpha value is -3.02. The molecule has 0 spiro atoms. The molecule has 0 radical (unpaired) electrons. The highest BCUT2D eigenvalue weighted by molar-refractivity contribution is 5.89. The van der Waals surface area contributed by atoms with Crippen LogP contribution in [0.4, 0.5) is 0 Å². The predicted octanol–water partition coefficient (Wildman–Crippen LogP) is 2.85. The minimum Gasteiger partial charge on any atom is -0.274 e. The molecule has 1 aliphatic rings. The number of pyridine rings is 1. The van der Waals surface area contributed by atoms with E-state index >= 15 is 0 Å². The summed E-state index contributed by atoms with van der Waals surface area (Å²) in [5, 5.41) is 5.65. The highest BCUT2D eigenvalue weighted by atomic mass is 16.2. The second-order valence-electron chi connectivity index (χ2n) is 7.34. The van der Waals surface area contributed by atoms with Crippen molar-refractivity contribution >= 4 is 16.7 Å². The van der Waals surface area contributed by atoms with Gasteiger partial charge < -0.3 is 0 Å². The molecule has 0 saturated heterocycles. The Bertz CT molecular complexity index is 1140. The van der Waals surface area contributed by atoms with Gasteiger partial charge in [-0.25, -0.2) is 4.68 Å². The lowest BCUT2D eigenvalue weighted by molar-refractivity contribution is 0.0907. The summed E-state index contributed by atoms with van der Waals surface area (Å²) in [7, 11) is 1.61. The van der Waals surface area contributed by atoms with Crippen LogP contribution in [0.5, 0.6) is 0 Å². The summed E-state index contributed by atoms with van der Waals surface area (Å²) in [5.41, 5.74) is 1.13. The quantitative estimate of drug-likeness (QED) is 0.706. The molecule has 2 aromatic heterocycles. The molecule has 3 aromatic rings. The van der Waals surface area contributed by atoms with Crippen LogP contribution >= 0.6 is 0 Å². The maximum Gasteiger partial charge on any atom is 0.274 e. The van der Waals surface area contributed by atoms with Gasteiger partial charge in [-0.2, -0.15) is 5.10 Å². The maximum absolute atomic E-state index is 13.1. The van der Waals surface area contributed by atoms with Crippen molar-refractivity contribution in [1.82, 2.24) is 14.3 Å². The van der Waals surface area contributed by atoms with Gasteiger partial charge in [-0.05, 0) is 31.0 Å². The third-order valence-electron chi connectivity index (χ3n) is 5.35. The third kappa shape index (κ3) is 3.67. The van der Waals surface area contributed by atoms with Crippen molar-refractivity contribution < 1.29 is 4.79 Å². The summed E-state index contributed by atoms with van der Waals surface area (Å²) in [4.78, 5) is 30.2. The Kier molecular flexibility index (Phi) is 5.19. The van der Waals surface area contributed by atoms with E-state index in [4.69, 9.17) is 4.99 Å². The average molecular weight is 376 g/mol. The molecule has 1 aromatic carbocycles. The van der Waals surface area contributed by atoms with E-state index in [1.807, 2.05) is 36.4 Å². The van der Waals surface area contributed by atoms with Crippen LogP contribution in [0, 0.1) is 0 Å². The van der Waals surface area contributed by atoms with Crippen molar-refractivity contribution in [2.24, 2.45) is 12.0 Å². The Balaban J connectivity index is 1.71. The first kappa shape index (κ1) is 18.3. The molecule has 0 N–H and O–H groups in total. The van der Waals surface area contributed by atoms with Crippen molar-refractivity contribution in [1.29, 1.82) is 0 Å². The number of aryl methyl sites for hydroxylation is 1. The van der Waals surface area contributed by atoms with Crippen LogP contribution in [0.25, 0.3) is 10.8 Å². The fourth-order valence-corrected chi connectivity index (χ4v) is 3.88. The highest BCUT2D eigenvalue weighted by Crippen LogP contribution is 2.19. The minimum absolute atomic E-state index is 0.105. The summed E-state index contributed by atoms with van der Waals surface area (Å²) >= 11 is 0. The number of hydrogen-bond acceptors (Lipinski definition) is 4. The second-order valence-corrected chi connectivity index (χ2v) is 7.34. The zero-order chi connectivity index (χ0) is 19.5. The van der Waals surface area contributed by atoms with E-state index in [0.717, 1.165) is 18.2 Å². The van der Waals surface area contributed by atoms with Gasteiger partial charge in [-0.15, -0.1) is 0 Å². The molecule has 2 heterocycles. The molecule has 6 heteroatoms. The number of rotatable bonds is 3. The molecule has 144 valence electrons. The van der Waals surface area contributed by atoms with Gasteiger partial charge in [0.2, 0.25) is 5.91 Å². The predicted molar refractivity (Wildman–Crippen MR) is 108 cm³/mol. The van der Waals surface area contributed by atoms with E-state index in [2.05, 4.69) is 5.10 Å². The van der Waals surface area contributed by atoms with E-state index in [0.29, 0.717) is 16.6 Å². The van der Waals surface area contributed by atoms with Crippen LogP contribution in [0.3, 0.4) is 0 Å². The van der Waals surface area contributed by atoms with Crippen LogP contribution in [-0.2, 0) is 13.5 Å². The number of aromatic nitrogens is 3. The van der Waals surface area contributed by atoms with Crippen molar-refractivity contribution in [3.8, 4) is 0 Å². The van der Waals surface area contributed by atoms with Gasteiger partial charge >= 0.3 is 0 Å². The molecular formula is C22H24N4O2. The van der Waals surface area contributed by atoms with Crippen LogP contribution in [-0.4, -0.2) is 26.3 Å². The largest absolute Gasteiger partial charge is 0.274 e. The normalized spacial score (nSPS) is 15.8. The summed E-state index contributed by atoms with van der Waals surface area (Å²) in [6.45, 7) is 0. The number of benzene rings is 1. The van der Waals surface area contributed by atoms with E-state index < -0.39 is 0 Å². The van der Waals surface area contributed by atoms with Crippen molar-refractivity contribution in [2.75, 3.05) is 0 Å². The Morgan fingerprint density at radius 1 is 1.07 bits per heavy atom. The van der Waals surface area contributed by atoms with Crippen LogP contribution in [0.15, 0.2) is 58.4 Å². The van der Waals surface area contributed by atoms with Gasteiger partial charge in [-0.1, -0.05) is 43.5 Å². The van der Waals surface area contributed by atoms with Crippen molar-refractivity contribution in [3.63, 3.8) is 0 Å². The zero-order valence-corrected chi connectivity index (χ0v) is 16.0. The Labute approximate surface area is 163 Å². The summed E-state index contributed by atoms with van der Waals surface area (Å²) in [6.07, 6.45) is 7.69. The van der Waals surface area contributed by atoms with E-state index in [1.165, 1.54) is 23.9 Å². The Morgan fingerprint density at radius 2 is 1.79 bits per heavy atom. The molecule has 0 unspecified atom stereocenters. The molecule has 6 nitrogen and oxygen atoms in total. The van der Waals surface area contributed by atoms with E-state index in [1.54, 1.807) is 23.9 Å². The van der Waals surface area contributed by atoms with E-state index in [9.17, 15) is 9.59 Å². The number of carbonyl (C=O) groups is 1. The molecule has 4 rings (SSSR count). The van der Waals surface area contributed by atoms with Crippen LogP contribution in [0.2, 0.25) is 0 Å². The zero-order valence-electron chi connectivity index (χ0n) is 16.0. The van der Waals surface area contributed by atoms with Gasteiger partial charge in [-0.3, -0.25) is 19.1 Å². The average Bonchev–Trinajstić information content (AvgIpc) is 2.73. The number of fused-ring (bicyclic) bond motifs is 1. The lowest BCUT2D eigenvalue weighted by atomic mass is 9.96. The molecular weight excluding hydrogens is 352 g/mol. The number of carbonyl (C=O) groups excluding carboxylic acids is 1. The molecule has 0 bridgehead atoms. The second kappa shape index (κ2) is 7.92. The highest BCUT2D eigenvalue weighted by Gasteiger charge is 2.15. The molecule has 0 atom stereocenters. The summed E-state index contributed by atoms with van der Waals surface area (Å²) in [6, 6.07) is 13.2. The first-order valence-electron chi connectivity index (χ1n) is 9.83. The van der Waals surface area contributed by atoms with Gasteiger partial charge in [0.1, 0.15) is 5.49 Å². The van der Waals surface area contributed by atoms with Gasteiger partial charge in [0, 0.05) is 18.6 Å². The number of nitrogens with zero attached hydrogens (tertiary/aromatic N) is 4. The minimum atomic E-state index is -0.160. The van der Waals surface area contributed by atoms with Crippen LogP contribution in [0.1, 0.15) is 42.6 Å².